The van der Waals surface area contributed by atoms with Crippen molar-refractivity contribution in [3.63, 3.8) is 0 Å². The van der Waals surface area contributed by atoms with E-state index in [1.54, 1.807) is 29.7 Å². The molecule has 0 spiro atoms. The summed E-state index contributed by atoms with van der Waals surface area (Å²) in [6.07, 6.45) is 1.23. The fourth-order valence-electron chi connectivity index (χ4n) is 3.27. The summed E-state index contributed by atoms with van der Waals surface area (Å²) in [6.45, 7) is 2.08. The monoisotopic (exact) mass is 355 g/mol. The molecule has 0 aliphatic heterocycles. The number of aryl methyl sites for hydroxylation is 1. The Bertz CT molecular complexity index is 817. The number of amides is 1. The van der Waals surface area contributed by atoms with E-state index in [-0.39, 0.29) is 6.42 Å². The molecule has 1 fully saturated rings. The maximum Gasteiger partial charge on any atom is 0.317 e. The standard InChI is InChI=1S/C20H21NO5/c1-3-13-7-9-15(10-8-13)26-16-6-4-5-14(11-16)20(19(23)25-2)12-17(20)18(22)21-24/h4-11,17,24H,3,12H2,1-2H3,(H,21,22)/t17-,20-/m0/s1. The molecule has 2 atom stereocenters. The Labute approximate surface area is 151 Å². The Morgan fingerprint density at radius 3 is 2.54 bits per heavy atom. The van der Waals surface area contributed by atoms with Crippen LogP contribution in [0.25, 0.3) is 0 Å². The summed E-state index contributed by atoms with van der Waals surface area (Å²) >= 11 is 0. The maximum absolute atomic E-state index is 12.3. The van der Waals surface area contributed by atoms with Gasteiger partial charge in [0.05, 0.1) is 13.0 Å². The average molecular weight is 355 g/mol. The second kappa shape index (κ2) is 7.17. The minimum Gasteiger partial charge on any atom is -0.468 e. The highest BCUT2D eigenvalue weighted by Gasteiger charge is 2.65. The fraction of sp³-hybridized carbons (Fsp3) is 0.300. The summed E-state index contributed by atoms with van der Waals surface area (Å²) in [4.78, 5) is 24.2. The van der Waals surface area contributed by atoms with Crippen molar-refractivity contribution in [1.29, 1.82) is 0 Å². The topological polar surface area (TPSA) is 84.9 Å². The molecule has 1 amide bonds. The number of rotatable bonds is 6. The minimum absolute atomic E-state index is 0.278. The summed E-state index contributed by atoms with van der Waals surface area (Å²) in [5.41, 5.74) is 2.37. The second-order valence-corrected chi connectivity index (χ2v) is 6.32. The van der Waals surface area contributed by atoms with E-state index in [0.717, 1.165) is 6.42 Å². The molecule has 1 aliphatic carbocycles. The van der Waals surface area contributed by atoms with Gasteiger partial charge in [-0.3, -0.25) is 14.8 Å². The number of esters is 1. The van der Waals surface area contributed by atoms with Gasteiger partial charge in [-0.2, -0.15) is 0 Å². The summed E-state index contributed by atoms with van der Waals surface area (Å²) < 4.78 is 10.8. The highest BCUT2D eigenvalue weighted by Crippen LogP contribution is 2.55. The Hall–Kier alpha value is -2.86. The van der Waals surface area contributed by atoms with Gasteiger partial charge >= 0.3 is 5.97 Å². The van der Waals surface area contributed by atoms with Crippen molar-refractivity contribution in [2.45, 2.75) is 25.2 Å². The van der Waals surface area contributed by atoms with Crippen LogP contribution in [0.5, 0.6) is 11.5 Å². The van der Waals surface area contributed by atoms with Gasteiger partial charge in [0.25, 0.3) is 0 Å². The van der Waals surface area contributed by atoms with Crippen molar-refractivity contribution in [3.05, 3.63) is 59.7 Å². The van der Waals surface area contributed by atoms with E-state index in [1.165, 1.54) is 12.7 Å². The lowest BCUT2D eigenvalue weighted by molar-refractivity contribution is -0.146. The normalized spacial score (nSPS) is 21.0. The molecule has 6 nitrogen and oxygen atoms in total. The largest absolute Gasteiger partial charge is 0.468 e. The van der Waals surface area contributed by atoms with Crippen molar-refractivity contribution in [1.82, 2.24) is 5.48 Å². The Balaban J connectivity index is 1.87. The average Bonchev–Trinajstić information content (AvgIpc) is 3.44. The first kappa shape index (κ1) is 17.9. The molecular weight excluding hydrogens is 334 g/mol. The molecule has 136 valence electrons. The fourth-order valence-corrected chi connectivity index (χ4v) is 3.27. The third-order valence-corrected chi connectivity index (χ3v) is 4.85. The minimum atomic E-state index is -1.09. The predicted molar refractivity (Wildman–Crippen MR) is 94.1 cm³/mol. The lowest BCUT2D eigenvalue weighted by Crippen LogP contribution is -2.31. The van der Waals surface area contributed by atoms with Crippen molar-refractivity contribution in [2.75, 3.05) is 7.11 Å². The molecule has 6 heteroatoms. The van der Waals surface area contributed by atoms with E-state index in [2.05, 4.69) is 6.92 Å². The van der Waals surface area contributed by atoms with Gasteiger partial charge in [-0.1, -0.05) is 31.2 Å². The highest BCUT2D eigenvalue weighted by atomic mass is 16.5. The summed E-state index contributed by atoms with van der Waals surface area (Å²) in [6, 6.07) is 14.8. The summed E-state index contributed by atoms with van der Waals surface area (Å²) in [5.74, 6) is -0.525. The van der Waals surface area contributed by atoms with Gasteiger partial charge in [0.1, 0.15) is 16.9 Å². The molecule has 1 saturated carbocycles. The lowest BCUT2D eigenvalue weighted by atomic mass is 9.92. The van der Waals surface area contributed by atoms with Crippen LogP contribution in [0.1, 0.15) is 24.5 Å². The van der Waals surface area contributed by atoms with Crippen molar-refractivity contribution in [2.24, 2.45) is 5.92 Å². The van der Waals surface area contributed by atoms with Gasteiger partial charge in [0, 0.05) is 0 Å². The lowest BCUT2D eigenvalue weighted by Gasteiger charge is -2.16. The van der Waals surface area contributed by atoms with E-state index in [4.69, 9.17) is 14.7 Å². The first-order valence-electron chi connectivity index (χ1n) is 8.45. The van der Waals surface area contributed by atoms with Crippen molar-refractivity contribution >= 4 is 11.9 Å². The van der Waals surface area contributed by atoms with Gasteiger partial charge in [-0.05, 0) is 48.2 Å². The first-order valence-corrected chi connectivity index (χ1v) is 8.45. The molecule has 26 heavy (non-hydrogen) atoms. The number of hydroxylamine groups is 1. The third-order valence-electron chi connectivity index (χ3n) is 4.85. The molecule has 0 radical (unpaired) electrons. The molecule has 1 aliphatic rings. The van der Waals surface area contributed by atoms with Gasteiger partial charge in [0.15, 0.2) is 0 Å². The van der Waals surface area contributed by atoms with Gasteiger partial charge in [0.2, 0.25) is 5.91 Å². The zero-order valence-electron chi connectivity index (χ0n) is 14.7. The SMILES string of the molecule is CCc1ccc(Oc2cccc([C@@]3(C(=O)OC)C[C@H]3C(=O)NO)c2)cc1. The van der Waals surface area contributed by atoms with Crippen LogP contribution in [0.4, 0.5) is 0 Å². The molecule has 0 heterocycles. The first-order chi connectivity index (χ1) is 12.5. The van der Waals surface area contributed by atoms with Crippen LogP contribution in [0.2, 0.25) is 0 Å². The van der Waals surface area contributed by atoms with Crippen molar-refractivity contribution in [3.8, 4) is 11.5 Å². The van der Waals surface area contributed by atoms with E-state index in [9.17, 15) is 9.59 Å². The quantitative estimate of drug-likeness (QED) is 0.473. The molecule has 0 unspecified atom stereocenters. The van der Waals surface area contributed by atoms with E-state index in [1.807, 2.05) is 24.3 Å². The van der Waals surface area contributed by atoms with Crippen molar-refractivity contribution < 1.29 is 24.3 Å². The van der Waals surface area contributed by atoms with E-state index in [0.29, 0.717) is 17.1 Å². The van der Waals surface area contributed by atoms with Crippen LogP contribution in [-0.2, 0) is 26.2 Å². The third kappa shape index (κ3) is 3.15. The summed E-state index contributed by atoms with van der Waals surface area (Å²) in [5, 5.41) is 8.89. The maximum atomic E-state index is 12.3. The van der Waals surface area contributed by atoms with Crippen LogP contribution in [0.15, 0.2) is 48.5 Å². The molecule has 3 rings (SSSR count). The van der Waals surface area contributed by atoms with Crippen LogP contribution in [0.3, 0.4) is 0 Å². The number of nitrogens with one attached hydrogen (secondary N) is 1. The number of hydrogen-bond acceptors (Lipinski definition) is 5. The van der Waals surface area contributed by atoms with Crippen LogP contribution in [-0.4, -0.2) is 24.2 Å². The molecule has 2 N–H and O–H groups in total. The van der Waals surface area contributed by atoms with E-state index >= 15 is 0 Å². The van der Waals surface area contributed by atoms with Gasteiger partial charge in [-0.15, -0.1) is 0 Å². The molecule has 2 aromatic carbocycles. The molecule has 0 aromatic heterocycles. The molecule has 0 bridgehead atoms. The predicted octanol–water partition coefficient (Wildman–Crippen LogP) is 2.98. The smallest absolute Gasteiger partial charge is 0.317 e. The molecule has 0 saturated heterocycles. The number of carbonyl (C=O) groups excluding carboxylic acids is 2. The van der Waals surface area contributed by atoms with Crippen LogP contribution < -0.4 is 10.2 Å². The Kier molecular flexibility index (Phi) is 4.95. The highest BCUT2D eigenvalue weighted by molar-refractivity contribution is 5.97. The zero-order valence-corrected chi connectivity index (χ0v) is 14.7. The number of carbonyl (C=O) groups is 2. The number of ether oxygens (including phenoxy) is 2. The summed E-state index contributed by atoms with van der Waals surface area (Å²) in [7, 11) is 1.28. The Morgan fingerprint density at radius 1 is 1.19 bits per heavy atom. The van der Waals surface area contributed by atoms with Crippen LogP contribution >= 0.6 is 0 Å². The van der Waals surface area contributed by atoms with Gasteiger partial charge < -0.3 is 9.47 Å². The Morgan fingerprint density at radius 2 is 1.92 bits per heavy atom. The molecular formula is C20H21NO5. The number of benzene rings is 2. The van der Waals surface area contributed by atoms with Crippen LogP contribution in [0, 0.1) is 5.92 Å². The van der Waals surface area contributed by atoms with Gasteiger partial charge in [-0.25, -0.2) is 5.48 Å². The number of hydrogen-bond donors (Lipinski definition) is 2. The number of methoxy groups -OCH3 is 1. The molecule has 2 aromatic rings. The van der Waals surface area contributed by atoms with E-state index < -0.39 is 23.2 Å². The second-order valence-electron chi connectivity index (χ2n) is 6.32. The zero-order chi connectivity index (χ0) is 18.7.